The van der Waals surface area contributed by atoms with Crippen LogP contribution in [0.15, 0.2) is 24.3 Å². The zero-order chi connectivity index (χ0) is 12.3. The Morgan fingerprint density at radius 1 is 1.47 bits per heavy atom. The first-order valence-electron chi connectivity index (χ1n) is 5.55. The summed E-state index contributed by atoms with van der Waals surface area (Å²) in [7, 11) is 0. The first kappa shape index (κ1) is 12.6. The Bertz CT molecular complexity index is 367. The van der Waals surface area contributed by atoms with Crippen molar-refractivity contribution in [3.8, 4) is 5.75 Å². The Morgan fingerprint density at radius 3 is 2.94 bits per heavy atom. The lowest BCUT2D eigenvalue weighted by Crippen LogP contribution is -2.34. The van der Waals surface area contributed by atoms with Crippen LogP contribution in [-0.2, 0) is 0 Å². The van der Waals surface area contributed by atoms with Crippen LogP contribution in [0.2, 0.25) is 0 Å². The van der Waals surface area contributed by atoms with Crippen molar-refractivity contribution in [3.05, 3.63) is 29.8 Å². The highest BCUT2D eigenvalue weighted by molar-refractivity contribution is 8.00. The summed E-state index contributed by atoms with van der Waals surface area (Å²) in [5.74, 6) is 1.18. The van der Waals surface area contributed by atoms with Crippen molar-refractivity contribution in [2.45, 2.75) is 24.8 Å². The summed E-state index contributed by atoms with van der Waals surface area (Å²) < 4.78 is 28.6. The van der Waals surface area contributed by atoms with Crippen LogP contribution in [0.3, 0.4) is 0 Å². The highest BCUT2D eigenvalue weighted by Gasteiger charge is 2.19. The standard InChI is InChI=1S/C12H15F2NOS/c1-8-6-15-11(7-17-8)9-3-2-4-10(5-9)16-12(13)14/h2-5,8,11-12,15H,6-7H2,1H3. The maximum Gasteiger partial charge on any atom is 0.387 e. The lowest BCUT2D eigenvalue weighted by molar-refractivity contribution is -0.0499. The minimum Gasteiger partial charge on any atom is -0.435 e. The minimum absolute atomic E-state index is 0.220. The molecule has 0 radical (unpaired) electrons. The molecule has 17 heavy (non-hydrogen) atoms. The molecule has 0 saturated carbocycles. The lowest BCUT2D eigenvalue weighted by atomic mass is 10.1. The van der Waals surface area contributed by atoms with Gasteiger partial charge in [0.1, 0.15) is 5.75 Å². The molecule has 1 aliphatic rings. The second-order valence-electron chi connectivity index (χ2n) is 4.06. The molecule has 0 aromatic heterocycles. The summed E-state index contributed by atoms with van der Waals surface area (Å²) in [6.45, 7) is 0.346. The maximum absolute atomic E-state index is 12.1. The van der Waals surface area contributed by atoms with Gasteiger partial charge in [0.15, 0.2) is 0 Å². The van der Waals surface area contributed by atoms with E-state index in [0.29, 0.717) is 5.25 Å². The quantitative estimate of drug-likeness (QED) is 0.901. The van der Waals surface area contributed by atoms with Gasteiger partial charge in [-0.1, -0.05) is 19.1 Å². The van der Waals surface area contributed by atoms with Crippen LogP contribution in [0.1, 0.15) is 18.5 Å². The van der Waals surface area contributed by atoms with Crippen molar-refractivity contribution in [1.82, 2.24) is 5.32 Å². The number of nitrogens with one attached hydrogen (secondary N) is 1. The Balaban J connectivity index is 2.05. The highest BCUT2D eigenvalue weighted by atomic mass is 32.2. The Morgan fingerprint density at radius 2 is 2.29 bits per heavy atom. The summed E-state index contributed by atoms with van der Waals surface area (Å²) >= 11 is 1.89. The molecule has 2 rings (SSSR count). The van der Waals surface area contributed by atoms with Gasteiger partial charge in [0.25, 0.3) is 0 Å². The SMILES string of the molecule is CC1CNC(c2cccc(OC(F)F)c2)CS1. The molecule has 1 fully saturated rings. The van der Waals surface area contributed by atoms with Gasteiger partial charge in [-0.25, -0.2) is 0 Å². The van der Waals surface area contributed by atoms with Gasteiger partial charge in [0, 0.05) is 23.6 Å². The van der Waals surface area contributed by atoms with Crippen LogP contribution >= 0.6 is 11.8 Å². The third-order valence-corrected chi connectivity index (χ3v) is 3.95. The Hall–Kier alpha value is -0.810. The van der Waals surface area contributed by atoms with Crippen LogP contribution < -0.4 is 10.1 Å². The maximum atomic E-state index is 12.1. The van der Waals surface area contributed by atoms with E-state index < -0.39 is 6.61 Å². The van der Waals surface area contributed by atoms with E-state index in [1.165, 1.54) is 0 Å². The number of alkyl halides is 2. The van der Waals surface area contributed by atoms with E-state index in [1.54, 1.807) is 18.2 Å². The van der Waals surface area contributed by atoms with E-state index >= 15 is 0 Å². The van der Waals surface area contributed by atoms with Crippen molar-refractivity contribution in [1.29, 1.82) is 0 Å². The number of hydrogen-bond acceptors (Lipinski definition) is 3. The summed E-state index contributed by atoms with van der Waals surface area (Å²) in [6, 6.07) is 7.14. The number of ether oxygens (including phenoxy) is 1. The summed E-state index contributed by atoms with van der Waals surface area (Å²) in [5, 5.41) is 4.01. The molecule has 5 heteroatoms. The predicted octanol–water partition coefficient (Wildman–Crippen LogP) is 3.05. The van der Waals surface area contributed by atoms with Gasteiger partial charge in [-0.2, -0.15) is 20.5 Å². The second kappa shape index (κ2) is 5.69. The third kappa shape index (κ3) is 3.57. The van der Waals surface area contributed by atoms with Crippen LogP contribution in [0.25, 0.3) is 0 Å². The molecule has 2 unspecified atom stereocenters. The zero-order valence-corrected chi connectivity index (χ0v) is 10.3. The average molecular weight is 259 g/mol. The van der Waals surface area contributed by atoms with Gasteiger partial charge < -0.3 is 10.1 Å². The second-order valence-corrected chi connectivity index (χ2v) is 5.53. The number of rotatable bonds is 3. The number of hydrogen-bond donors (Lipinski definition) is 1. The summed E-state index contributed by atoms with van der Waals surface area (Å²) in [6.07, 6.45) is 0. The lowest BCUT2D eigenvalue weighted by Gasteiger charge is -2.28. The number of thioether (sulfide) groups is 1. The van der Waals surface area contributed by atoms with Gasteiger partial charge >= 0.3 is 6.61 Å². The van der Waals surface area contributed by atoms with Crippen LogP contribution in [0, 0.1) is 0 Å². The fourth-order valence-electron chi connectivity index (χ4n) is 1.81. The topological polar surface area (TPSA) is 21.3 Å². The normalized spacial score (nSPS) is 24.9. The fourth-order valence-corrected chi connectivity index (χ4v) is 2.85. The van der Waals surface area contributed by atoms with E-state index in [2.05, 4.69) is 17.0 Å². The molecule has 94 valence electrons. The monoisotopic (exact) mass is 259 g/mol. The van der Waals surface area contributed by atoms with Crippen LogP contribution in [-0.4, -0.2) is 24.2 Å². The summed E-state index contributed by atoms with van der Waals surface area (Å²) in [5.41, 5.74) is 1.00. The molecule has 1 saturated heterocycles. The van der Waals surface area contributed by atoms with Crippen LogP contribution in [0.5, 0.6) is 5.75 Å². The minimum atomic E-state index is -2.76. The average Bonchev–Trinajstić information content (AvgIpc) is 2.29. The van der Waals surface area contributed by atoms with Crippen molar-refractivity contribution < 1.29 is 13.5 Å². The molecule has 1 aromatic carbocycles. The Kier molecular flexibility index (Phi) is 4.23. The van der Waals surface area contributed by atoms with Crippen molar-refractivity contribution >= 4 is 11.8 Å². The van der Waals surface area contributed by atoms with Gasteiger partial charge in [-0.3, -0.25) is 0 Å². The fraction of sp³-hybridized carbons (Fsp3) is 0.500. The highest BCUT2D eigenvalue weighted by Crippen LogP contribution is 2.28. The summed E-state index contributed by atoms with van der Waals surface area (Å²) in [4.78, 5) is 0. The zero-order valence-electron chi connectivity index (χ0n) is 9.53. The molecule has 0 amide bonds. The smallest absolute Gasteiger partial charge is 0.387 e. The molecule has 0 spiro atoms. The van der Waals surface area contributed by atoms with Crippen LogP contribution in [0.4, 0.5) is 8.78 Å². The molecule has 0 bridgehead atoms. The first-order chi connectivity index (χ1) is 8.15. The molecular weight excluding hydrogens is 244 g/mol. The number of benzene rings is 1. The molecule has 1 aromatic rings. The third-order valence-electron chi connectivity index (χ3n) is 2.68. The van der Waals surface area contributed by atoms with Gasteiger partial charge in [0.2, 0.25) is 0 Å². The van der Waals surface area contributed by atoms with Gasteiger partial charge in [-0.15, -0.1) is 0 Å². The number of halogens is 2. The van der Waals surface area contributed by atoms with Crippen molar-refractivity contribution in [3.63, 3.8) is 0 Å². The van der Waals surface area contributed by atoms with Crippen molar-refractivity contribution in [2.24, 2.45) is 0 Å². The first-order valence-corrected chi connectivity index (χ1v) is 6.60. The van der Waals surface area contributed by atoms with E-state index in [-0.39, 0.29) is 11.8 Å². The van der Waals surface area contributed by atoms with E-state index in [4.69, 9.17) is 0 Å². The molecule has 2 atom stereocenters. The molecule has 1 aliphatic heterocycles. The Labute approximate surface area is 104 Å². The largest absolute Gasteiger partial charge is 0.435 e. The van der Waals surface area contributed by atoms with Gasteiger partial charge in [-0.05, 0) is 17.7 Å². The molecular formula is C12H15F2NOS. The predicted molar refractivity (Wildman–Crippen MR) is 65.7 cm³/mol. The van der Waals surface area contributed by atoms with E-state index in [0.717, 1.165) is 17.9 Å². The van der Waals surface area contributed by atoms with Gasteiger partial charge in [0.05, 0.1) is 0 Å². The van der Waals surface area contributed by atoms with E-state index in [1.807, 2.05) is 17.8 Å². The molecule has 1 heterocycles. The van der Waals surface area contributed by atoms with Crippen molar-refractivity contribution in [2.75, 3.05) is 12.3 Å². The molecule has 0 aliphatic carbocycles. The van der Waals surface area contributed by atoms with E-state index in [9.17, 15) is 8.78 Å². The molecule has 2 nitrogen and oxygen atoms in total. The molecule has 1 N–H and O–H groups in total.